The van der Waals surface area contributed by atoms with E-state index in [4.69, 9.17) is 10.8 Å². The van der Waals surface area contributed by atoms with Crippen LogP contribution in [0.15, 0.2) is 29.1 Å². The number of hydrogen-bond acceptors (Lipinski definition) is 4. The number of rotatable bonds is 2. The quantitative estimate of drug-likeness (QED) is 0.793. The molecule has 0 aliphatic carbocycles. The SMILES string of the molecule is CCC(=O)n1c(=O)c(C(=O)O)cc2c(N)cccc21. The molecule has 0 atom stereocenters. The predicted molar refractivity (Wildman–Crippen MR) is 70.5 cm³/mol. The Balaban J connectivity index is 3.02. The third-order valence-electron chi connectivity index (χ3n) is 2.86. The number of hydrogen-bond donors (Lipinski definition) is 2. The molecule has 0 aliphatic rings. The van der Waals surface area contributed by atoms with Gasteiger partial charge in [0, 0.05) is 17.5 Å². The van der Waals surface area contributed by atoms with Gasteiger partial charge in [-0.2, -0.15) is 0 Å². The molecule has 0 bridgehead atoms. The lowest BCUT2D eigenvalue weighted by molar-refractivity contribution is 0.0694. The number of carboxylic acid groups (broad SMARTS) is 1. The molecule has 3 N–H and O–H groups in total. The third-order valence-corrected chi connectivity index (χ3v) is 2.86. The number of fused-ring (bicyclic) bond motifs is 1. The van der Waals surface area contributed by atoms with Crippen LogP contribution < -0.4 is 11.3 Å². The highest BCUT2D eigenvalue weighted by Crippen LogP contribution is 2.20. The van der Waals surface area contributed by atoms with Gasteiger partial charge in [-0.05, 0) is 18.2 Å². The largest absolute Gasteiger partial charge is 0.477 e. The van der Waals surface area contributed by atoms with Crippen LogP contribution in [0.2, 0.25) is 0 Å². The molecule has 0 aliphatic heterocycles. The molecule has 0 spiro atoms. The Bertz CT molecular complexity index is 746. The summed E-state index contributed by atoms with van der Waals surface area (Å²) in [5, 5.41) is 9.41. The molecule has 0 fully saturated rings. The number of benzene rings is 1. The number of aromatic carboxylic acids is 1. The Morgan fingerprint density at radius 1 is 1.37 bits per heavy atom. The van der Waals surface area contributed by atoms with E-state index in [-0.39, 0.29) is 6.42 Å². The zero-order valence-corrected chi connectivity index (χ0v) is 10.2. The summed E-state index contributed by atoms with van der Waals surface area (Å²) >= 11 is 0. The second kappa shape index (κ2) is 4.56. The maximum Gasteiger partial charge on any atom is 0.341 e. The van der Waals surface area contributed by atoms with E-state index >= 15 is 0 Å². The van der Waals surface area contributed by atoms with Crippen molar-refractivity contribution < 1.29 is 14.7 Å². The summed E-state index contributed by atoms with van der Waals surface area (Å²) in [7, 11) is 0. The number of nitrogen functional groups attached to an aromatic ring is 1. The van der Waals surface area contributed by atoms with Gasteiger partial charge in [0.05, 0.1) is 5.52 Å². The van der Waals surface area contributed by atoms with Crippen LogP contribution in [0.3, 0.4) is 0 Å². The van der Waals surface area contributed by atoms with Gasteiger partial charge >= 0.3 is 5.97 Å². The summed E-state index contributed by atoms with van der Waals surface area (Å²) in [5.74, 6) is -1.85. The van der Waals surface area contributed by atoms with Gasteiger partial charge < -0.3 is 10.8 Å². The van der Waals surface area contributed by atoms with Gasteiger partial charge in [-0.3, -0.25) is 9.59 Å². The lowest BCUT2D eigenvalue weighted by Gasteiger charge is -2.10. The lowest BCUT2D eigenvalue weighted by atomic mass is 10.1. The fraction of sp³-hybridized carbons (Fsp3) is 0.154. The minimum Gasteiger partial charge on any atom is -0.477 e. The first-order valence-corrected chi connectivity index (χ1v) is 5.68. The Hall–Kier alpha value is -2.63. The third kappa shape index (κ3) is 1.97. The predicted octanol–water partition coefficient (Wildman–Crippen LogP) is 1.33. The van der Waals surface area contributed by atoms with Gasteiger partial charge in [-0.25, -0.2) is 9.36 Å². The molecule has 0 amide bonds. The van der Waals surface area contributed by atoms with Crippen molar-refractivity contribution in [3.8, 4) is 0 Å². The summed E-state index contributed by atoms with van der Waals surface area (Å²) in [5.41, 5.74) is 5.10. The van der Waals surface area contributed by atoms with Crippen molar-refractivity contribution in [3.63, 3.8) is 0 Å². The Morgan fingerprint density at radius 3 is 2.63 bits per heavy atom. The maximum atomic E-state index is 12.1. The van der Waals surface area contributed by atoms with E-state index in [2.05, 4.69) is 0 Å². The summed E-state index contributed by atoms with van der Waals surface area (Å²) < 4.78 is 0.870. The number of carbonyl (C=O) groups is 2. The average Bonchev–Trinajstić information content (AvgIpc) is 2.37. The van der Waals surface area contributed by atoms with Crippen molar-refractivity contribution in [2.24, 2.45) is 0 Å². The van der Waals surface area contributed by atoms with Gasteiger partial charge in [0.15, 0.2) is 0 Å². The molecule has 1 aromatic carbocycles. The number of anilines is 1. The van der Waals surface area contributed by atoms with E-state index in [0.717, 1.165) is 4.57 Å². The maximum absolute atomic E-state index is 12.1. The van der Waals surface area contributed by atoms with Crippen molar-refractivity contribution in [3.05, 3.63) is 40.2 Å². The Labute approximate surface area is 108 Å². The number of nitrogens with zero attached hydrogens (tertiary/aromatic N) is 1. The molecule has 1 aromatic heterocycles. The summed E-state index contributed by atoms with van der Waals surface area (Å²) in [6.45, 7) is 1.60. The zero-order chi connectivity index (χ0) is 14.2. The molecular formula is C13H12N2O4. The van der Waals surface area contributed by atoms with Crippen LogP contribution in [-0.4, -0.2) is 21.6 Å². The molecule has 0 radical (unpaired) electrons. The van der Waals surface area contributed by atoms with E-state index in [1.807, 2.05) is 0 Å². The van der Waals surface area contributed by atoms with E-state index < -0.39 is 23.0 Å². The van der Waals surface area contributed by atoms with Crippen LogP contribution in [0.25, 0.3) is 10.9 Å². The van der Waals surface area contributed by atoms with Gasteiger partial charge in [0.2, 0.25) is 5.91 Å². The standard InChI is InChI=1S/C13H12N2O4/c1-2-11(16)15-10-5-3-4-9(14)7(10)6-8(12(15)17)13(18)19/h3-6H,2,14H2,1H3,(H,18,19). The highest BCUT2D eigenvalue weighted by atomic mass is 16.4. The summed E-state index contributed by atoms with van der Waals surface area (Å²) in [4.78, 5) is 35.0. The van der Waals surface area contributed by atoms with E-state index in [1.165, 1.54) is 6.07 Å². The normalized spacial score (nSPS) is 10.6. The average molecular weight is 260 g/mol. The van der Waals surface area contributed by atoms with Crippen molar-refractivity contribution in [1.82, 2.24) is 4.57 Å². The van der Waals surface area contributed by atoms with Crippen LogP contribution in [0.1, 0.15) is 28.5 Å². The number of carbonyl (C=O) groups excluding carboxylic acids is 1. The van der Waals surface area contributed by atoms with Crippen molar-refractivity contribution >= 4 is 28.5 Å². The molecule has 2 aromatic rings. The fourth-order valence-electron chi connectivity index (χ4n) is 1.92. The Kier molecular flexibility index (Phi) is 3.08. The van der Waals surface area contributed by atoms with E-state index in [0.29, 0.717) is 16.6 Å². The molecule has 6 heteroatoms. The summed E-state index contributed by atoms with van der Waals surface area (Å²) in [6, 6.07) is 5.96. The van der Waals surface area contributed by atoms with Crippen LogP contribution in [-0.2, 0) is 0 Å². The molecular weight excluding hydrogens is 248 g/mol. The van der Waals surface area contributed by atoms with Crippen molar-refractivity contribution in [2.45, 2.75) is 13.3 Å². The number of pyridine rings is 1. The number of carboxylic acids is 1. The monoisotopic (exact) mass is 260 g/mol. The minimum atomic E-state index is -1.38. The molecule has 19 heavy (non-hydrogen) atoms. The van der Waals surface area contributed by atoms with E-state index in [1.54, 1.807) is 25.1 Å². The van der Waals surface area contributed by atoms with Gasteiger partial charge in [-0.1, -0.05) is 13.0 Å². The smallest absolute Gasteiger partial charge is 0.341 e. The molecule has 0 unspecified atom stereocenters. The second-order valence-electron chi connectivity index (χ2n) is 4.03. The van der Waals surface area contributed by atoms with Crippen LogP contribution in [0, 0.1) is 0 Å². The zero-order valence-electron chi connectivity index (χ0n) is 10.2. The number of nitrogens with two attached hydrogens (primary N) is 1. The van der Waals surface area contributed by atoms with Crippen LogP contribution >= 0.6 is 0 Å². The van der Waals surface area contributed by atoms with Crippen LogP contribution in [0.5, 0.6) is 0 Å². The van der Waals surface area contributed by atoms with Crippen molar-refractivity contribution in [2.75, 3.05) is 5.73 Å². The summed E-state index contributed by atoms with van der Waals surface area (Å²) in [6.07, 6.45) is 0.0902. The minimum absolute atomic E-state index is 0.0902. The Morgan fingerprint density at radius 2 is 2.05 bits per heavy atom. The highest BCUT2D eigenvalue weighted by Gasteiger charge is 2.18. The molecule has 98 valence electrons. The molecule has 0 saturated carbocycles. The number of aromatic nitrogens is 1. The first-order valence-electron chi connectivity index (χ1n) is 5.68. The van der Waals surface area contributed by atoms with E-state index in [9.17, 15) is 14.4 Å². The molecule has 1 heterocycles. The van der Waals surface area contributed by atoms with Crippen LogP contribution in [0.4, 0.5) is 5.69 Å². The molecule has 0 saturated heterocycles. The highest BCUT2D eigenvalue weighted by molar-refractivity contribution is 6.01. The van der Waals surface area contributed by atoms with Gasteiger partial charge in [-0.15, -0.1) is 0 Å². The molecule has 2 rings (SSSR count). The fourth-order valence-corrected chi connectivity index (χ4v) is 1.92. The topological polar surface area (TPSA) is 102 Å². The van der Waals surface area contributed by atoms with Gasteiger partial charge in [0.25, 0.3) is 5.56 Å². The second-order valence-corrected chi connectivity index (χ2v) is 4.03. The lowest BCUT2D eigenvalue weighted by Crippen LogP contribution is -2.31. The first kappa shape index (κ1) is 12.8. The molecule has 6 nitrogen and oxygen atoms in total. The van der Waals surface area contributed by atoms with Gasteiger partial charge in [0.1, 0.15) is 5.56 Å². The first-order chi connectivity index (χ1) is 8.97. The van der Waals surface area contributed by atoms with Crippen molar-refractivity contribution in [1.29, 1.82) is 0 Å².